The first-order chi connectivity index (χ1) is 8.09. The minimum Gasteiger partial charge on any atom is -0.396 e. The number of para-hydroxylation sites is 1. The van der Waals surface area contributed by atoms with Gasteiger partial charge in [0.1, 0.15) is 0 Å². The minimum absolute atomic E-state index is 0.00882. The maximum atomic E-state index is 9.39. The first-order valence-corrected chi connectivity index (χ1v) is 6.16. The molecule has 0 amide bonds. The summed E-state index contributed by atoms with van der Waals surface area (Å²) in [6.45, 7) is 4.82. The van der Waals surface area contributed by atoms with Gasteiger partial charge in [-0.15, -0.1) is 0 Å². The highest BCUT2D eigenvalue weighted by molar-refractivity contribution is 5.59. The van der Waals surface area contributed by atoms with Crippen molar-refractivity contribution in [2.24, 2.45) is 5.41 Å². The maximum Gasteiger partial charge on any atom is 0.0523 e. The number of fused-ring (bicyclic) bond motifs is 1. The molecule has 0 bridgehead atoms. The van der Waals surface area contributed by atoms with E-state index in [0.717, 1.165) is 6.42 Å². The van der Waals surface area contributed by atoms with Gasteiger partial charge in [0.2, 0.25) is 0 Å². The van der Waals surface area contributed by atoms with Crippen molar-refractivity contribution >= 4 is 5.69 Å². The van der Waals surface area contributed by atoms with Crippen molar-refractivity contribution in [3.8, 4) is 0 Å². The van der Waals surface area contributed by atoms with Gasteiger partial charge in [0, 0.05) is 23.7 Å². The van der Waals surface area contributed by atoms with Gasteiger partial charge < -0.3 is 15.1 Å². The van der Waals surface area contributed by atoms with Crippen molar-refractivity contribution < 1.29 is 10.2 Å². The zero-order chi connectivity index (χ0) is 12.5. The average molecular weight is 235 g/mol. The largest absolute Gasteiger partial charge is 0.396 e. The Hall–Kier alpha value is -1.06. The van der Waals surface area contributed by atoms with Crippen LogP contribution in [0.25, 0.3) is 0 Å². The van der Waals surface area contributed by atoms with Crippen molar-refractivity contribution in [2.75, 3.05) is 24.7 Å². The van der Waals surface area contributed by atoms with Crippen LogP contribution in [-0.4, -0.2) is 36.0 Å². The average Bonchev–Trinajstić information content (AvgIpc) is 2.66. The summed E-state index contributed by atoms with van der Waals surface area (Å²) < 4.78 is 0. The molecule has 3 heteroatoms. The molecule has 1 heterocycles. The van der Waals surface area contributed by atoms with E-state index in [4.69, 9.17) is 0 Å². The molecule has 1 aromatic rings. The number of rotatable bonds is 4. The van der Waals surface area contributed by atoms with E-state index >= 15 is 0 Å². The Labute approximate surface area is 103 Å². The third kappa shape index (κ3) is 2.31. The summed E-state index contributed by atoms with van der Waals surface area (Å²) >= 11 is 0. The van der Waals surface area contributed by atoms with Gasteiger partial charge in [-0.2, -0.15) is 0 Å². The van der Waals surface area contributed by atoms with Crippen molar-refractivity contribution in [3.05, 3.63) is 29.8 Å². The number of nitrogens with zero attached hydrogens (tertiary/aromatic N) is 1. The number of hydrogen-bond donors (Lipinski definition) is 2. The van der Waals surface area contributed by atoms with E-state index in [9.17, 15) is 10.2 Å². The van der Waals surface area contributed by atoms with Crippen LogP contribution in [0.2, 0.25) is 0 Å². The van der Waals surface area contributed by atoms with E-state index < -0.39 is 5.41 Å². The van der Waals surface area contributed by atoms with Crippen LogP contribution in [0.15, 0.2) is 24.3 Å². The Balaban J connectivity index is 2.22. The highest BCUT2D eigenvalue weighted by Crippen LogP contribution is 2.34. The van der Waals surface area contributed by atoms with Crippen molar-refractivity contribution in [1.29, 1.82) is 0 Å². The lowest BCUT2D eigenvalue weighted by molar-refractivity contribution is 0.0745. The van der Waals surface area contributed by atoms with E-state index in [1.807, 2.05) is 13.0 Å². The summed E-state index contributed by atoms with van der Waals surface area (Å²) in [5.41, 5.74) is 2.16. The second-order valence-corrected chi connectivity index (χ2v) is 5.44. The van der Waals surface area contributed by atoms with Crippen LogP contribution < -0.4 is 4.90 Å². The van der Waals surface area contributed by atoms with Crippen LogP contribution in [0.3, 0.4) is 0 Å². The smallest absolute Gasteiger partial charge is 0.0523 e. The first-order valence-electron chi connectivity index (χ1n) is 6.16. The van der Waals surface area contributed by atoms with Crippen LogP contribution >= 0.6 is 0 Å². The summed E-state index contributed by atoms with van der Waals surface area (Å²) in [6, 6.07) is 8.81. The molecule has 1 aliphatic heterocycles. The van der Waals surface area contributed by atoms with Crippen LogP contribution in [0, 0.1) is 5.41 Å². The molecule has 0 aromatic heterocycles. The van der Waals surface area contributed by atoms with E-state index in [1.54, 1.807) is 0 Å². The molecule has 1 unspecified atom stereocenters. The Bertz CT molecular complexity index is 388. The predicted molar refractivity (Wildman–Crippen MR) is 69.2 cm³/mol. The lowest BCUT2D eigenvalue weighted by Gasteiger charge is -2.34. The normalized spacial score (nSPS) is 19.5. The molecule has 0 aliphatic carbocycles. The molecular formula is C14H21NO2. The number of aliphatic hydroxyl groups is 2. The molecule has 1 atom stereocenters. The molecule has 1 aliphatic rings. The standard InChI is InChI=1S/C14H21NO2/c1-11-7-12-5-3-4-6-13(12)15(11)8-14(2,9-16)10-17/h3-6,11,16-17H,7-10H2,1-2H3. The van der Waals surface area contributed by atoms with E-state index in [-0.39, 0.29) is 13.2 Å². The molecule has 0 saturated heterocycles. The zero-order valence-electron chi connectivity index (χ0n) is 10.6. The van der Waals surface area contributed by atoms with Gasteiger partial charge in [-0.3, -0.25) is 0 Å². The minimum atomic E-state index is -0.439. The van der Waals surface area contributed by atoms with Gasteiger partial charge in [0.05, 0.1) is 13.2 Å². The molecule has 17 heavy (non-hydrogen) atoms. The molecular weight excluding hydrogens is 214 g/mol. The first kappa shape index (κ1) is 12.4. The molecule has 2 rings (SSSR count). The number of aliphatic hydroxyl groups excluding tert-OH is 2. The fraction of sp³-hybridized carbons (Fsp3) is 0.571. The topological polar surface area (TPSA) is 43.7 Å². The maximum absolute atomic E-state index is 9.39. The van der Waals surface area contributed by atoms with Gasteiger partial charge in [0.15, 0.2) is 0 Å². The van der Waals surface area contributed by atoms with Crippen molar-refractivity contribution in [1.82, 2.24) is 0 Å². The van der Waals surface area contributed by atoms with Crippen LogP contribution in [0.1, 0.15) is 19.4 Å². The summed E-state index contributed by atoms with van der Waals surface area (Å²) in [5, 5.41) is 18.8. The van der Waals surface area contributed by atoms with Gasteiger partial charge in [0.25, 0.3) is 0 Å². The monoisotopic (exact) mass is 235 g/mol. The van der Waals surface area contributed by atoms with Crippen molar-refractivity contribution in [2.45, 2.75) is 26.3 Å². The van der Waals surface area contributed by atoms with Crippen LogP contribution in [-0.2, 0) is 6.42 Å². The highest BCUT2D eigenvalue weighted by atomic mass is 16.3. The fourth-order valence-electron chi connectivity index (χ4n) is 2.43. The highest BCUT2D eigenvalue weighted by Gasteiger charge is 2.32. The van der Waals surface area contributed by atoms with Gasteiger partial charge in [-0.05, 0) is 25.0 Å². The Morgan fingerprint density at radius 1 is 1.29 bits per heavy atom. The quantitative estimate of drug-likeness (QED) is 0.829. The lowest BCUT2D eigenvalue weighted by atomic mass is 9.92. The molecule has 3 nitrogen and oxygen atoms in total. The van der Waals surface area contributed by atoms with Gasteiger partial charge >= 0.3 is 0 Å². The molecule has 0 saturated carbocycles. The molecule has 1 aromatic carbocycles. The van der Waals surface area contributed by atoms with Crippen LogP contribution in [0.4, 0.5) is 5.69 Å². The summed E-state index contributed by atoms with van der Waals surface area (Å²) in [6.07, 6.45) is 1.04. The van der Waals surface area contributed by atoms with E-state index in [2.05, 4.69) is 30.0 Å². The Kier molecular flexibility index (Phi) is 3.40. The number of benzene rings is 1. The predicted octanol–water partition coefficient (Wildman–Crippen LogP) is 1.43. The Morgan fingerprint density at radius 3 is 2.59 bits per heavy atom. The SMILES string of the molecule is CC1Cc2ccccc2N1CC(C)(CO)CO. The van der Waals surface area contributed by atoms with Gasteiger partial charge in [-0.25, -0.2) is 0 Å². The molecule has 0 fully saturated rings. The van der Waals surface area contributed by atoms with Crippen LogP contribution in [0.5, 0.6) is 0 Å². The van der Waals surface area contributed by atoms with Crippen molar-refractivity contribution in [3.63, 3.8) is 0 Å². The number of anilines is 1. The van der Waals surface area contributed by atoms with E-state index in [1.165, 1.54) is 11.3 Å². The third-order valence-corrected chi connectivity index (χ3v) is 3.66. The summed E-state index contributed by atoms with van der Waals surface area (Å²) in [5.74, 6) is 0. The molecule has 0 radical (unpaired) electrons. The number of hydrogen-bond acceptors (Lipinski definition) is 3. The van der Waals surface area contributed by atoms with Gasteiger partial charge in [-0.1, -0.05) is 25.1 Å². The summed E-state index contributed by atoms with van der Waals surface area (Å²) in [7, 11) is 0. The lowest BCUT2D eigenvalue weighted by Crippen LogP contribution is -2.43. The second-order valence-electron chi connectivity index (χ2n) is 5.44. The summed E-state index contributed by atoms with van der Waals surface area (Å²) in [4.78, 5) is 2.29. The Morgan fingerprint density at radius 2 is 1.94 bits per heavy atom. The molecule has 2 N–H and O–H groups in total. The molecule has 94 valence electrons. The fourth-order valence-corrected chi connectivity index (χ4v) is 2.43. The zero-order valence-corrected chi connectivity index (χ0v) is 10.6. The molecule has 0 spiro atoms. The third-order valence-electron chi connectivity index (χ3n) is 3.66. The second kappa shape index (κ2) is 4.67. The van der Waals surface area contributed by atoms with E-state index in [0.29, 0.717) is 12.6 Å².